The maximum atomic E-state index is 11.3. The molecular weight excluding hydrogens is 400 g/mol. The SMILES string of the molecule is CC1(C(=O)O)COC2=C(C=CC(OCCOc3ccc(Oc4ccccc4)cc3)C2)O1. The van der Waals surface area contributed by atoms with Crippen LogP contribution in [0.3, 0.4) is 0 Å². The summed E-state index contributed by atoms with van der Waals surface area (Å²) in [4.78, 5) is 11.3. The van der Waals surface area contributed by atoms with Gasteiger partial charge < -0.3 is 28.8 Å². The van der Waals surface area contributed by atoms with Gasteiger partial charge in [0, 0.05) is 6.42 Å². The molecule has 0 amide bonds. The summed E-state index contributed by atoms with van der Waals surface area (Å²) in [6, 6.07) is 17.0. The van der Waals surface area contributed by atoms with Gasteiger partial charge in [-0.05, 0) is 49.4 Å². The number of carboxylic acids is 1. The Kier molecular flexibility index (Phi) is 6.13. The summed E-state index contributed by atoms with van der Waals surface area (Å²) in [5.41, 5.74) is -1.37. The van der Waals surface area contributed by atoms with Crippen LogP contribution in [-0.2, 0) is 19.0 Å². The van der Waals surface area contributed by atoms with Crippen molar-refractivity contribution in [3.63, 3.8) is 0 Å². The van der Waals surface area contributed by atoms with Gasteiger partial charge in [-0.15, -0.1) is 0 Å². The Balaban J connectivity index is 1.19. The summed E-state index contributed by atoms with van der Waals surface area (Å²) in [7, 11) is 0. The van der Waals surface area contributed by atoms with Crippen molar-refractivity contribution in [1.29, 1.82) is 0 Å². The lowest BCUT2D eigenvalue weighted by atomic mass is 10.0. The number of carbonyl (C=O) groups is 1. The molecule has 4 rings (SSSR count). The Hall–Kier alpha value is -3.45. The van der Waals surface area contributed by atoms with Gasteiger partial charge in [-0.25, -0.2) is 4.79 Å². The fraction of sp³-hybridized carbons (Fsp3) is 0.292. The molecule has 0 aromatic heterocycles. The van der Waals surface area contributed by atoms with Crippen molar-refractivity contribution in [3.8, 4) is 17.2 Å². The van der Waals surface area contributed by atoms with Gasteiger partial charge in [0.2, 0.25) is 5.60 Å². The maximum absolute atomic E-state index is 11.3. The smallest absolute Gasteiger partial charge is 0.351 e. The third-order valence-electron chi connectivity index (χ3n) is 4.92. The average molecular weight is 424 g/mol. The minimum atomic E-state index is -1.37. The second-order valence-corrected chi connectivity index (χ2v) is 7.42. The molecular formula is C24H24O7. The van der Waals surface area contributed by atoms with Crippen molar-refractivity contribution in [2.24, 2.45) is 0 Å². The Morgan fingerprint density at radius 2 is 1.77 bits per heavy atom. The first-order valence-electron chi connectivity index (χ1n) is 10.1. The third-order valence-corrected chi connectivity index (χ3v) is 4.92. The lowest BCUT2D eigenvalue weighted by molar-refractivity contribution is -0.169. The minimum Gasteiger partial charge on any atom is -0.491 e. The number of hydrogen-bond acceptors (Lipinski definition) is 6. The molecule has 2 aromatic rings. The number of hydrogen-bond donors (Lipinski definition) is 1. The van der Waals surface area contributed by atoms with Crippen molar-refractivity contribution in [3.05, 3.63) is 78.3 Å². The van der Waals surface area contributed by atoms with Gasteiger partial charge in [-0.3, -0.25) is 0 Å². The molecule has 2 aromatic carbocycles. The number of carboxylic acid groups (broad SMARTS) is 1. The lowest BCUT2D eigenvalue weighted by Gasteiger charge is -2.35. The second kappa shape index (κ2) is 9.14. The van der Waals surface area contributed by atoms with Crippen molar-refractivity contribution in [2.75, 3.05) is 19.8 Å². The molecule has 31 heavy (non-hydrogen) atoms. The second-order valence-electron chi connectivity index (χ2n) is 7.42. The number of rotatable bonds is 8. The number of benzene rings is 2. The molecule has 0 saturated heterocycles. The third kappa shape index (κ3) is 5.19. The quantitative estimate of drug-likeness (QED) is 0.633. The van der Waals surface area contributed by atoms with Crippen LogP contribution in [0, 0.1) is 0 Å². The zero-order valence-electron chi connectivity index (χ0n) is 17.2. The highest BCUT2D eigenvalue weighted by molar-refractivity contribution is 5.77. The normalized spacial score (nSPS) is 22.2. The monoisotopic (exact) mass is 424 g/mol. The van der Waals surface area contributed by atoms with E-state index in [9.17, 15) is 9.90 Å². The highest BCUT2D eigenvalue weighted by Crippen LogP contribution is 2.32. The van der Waals surface area contributed by atoms with Gasteiger partial charge in [0.15, 0.2) is 5.76 Å². The minimum absolute atomic E-state index is 0.0329. The average Bonchev–Trinajstić information content (AvgIpc) is 2.78. The van der Waals surface area contributed by atoms with Crippen LogP contribution in [0.2, 0.25) is 0 Å². The van der Waals surface area contributed by atoms with E-state index in [-0.39, 0.29) is 12.7 Å². The van der Waals surface area contributed by atoms with E-state index in [1.807, 2.05) is 60.7 Å². The number of allylic oxidation sites excluding steroid dienone is 1. The summed E-state index contributed by atoms with van der Waals surface area (Å²) in [5.74, 6) is 2.25. The summed E-state index contributed by atoms with van der Waals surface area (Å²) in [5, 5.41) is 9.26. The standard InChI is InChI=1S/C24H24O7/c1-24(23(25)26)16-29-22-15-20(11-12-21(22)31-24)28-14-13-27-17-7-9-19(10-8-17)30-18-5-3-2-4-6-18/h2-12,20H,13-16H2,1H3,(H,25,26). The van der Waals surface area contributed by atoms with E-state index in [0.29, 0.717) is 31.2 Å². The molecule has 1 aliphatic carbocycles. The molecule has 0 saturated carbocycles. The van der Waals surface area contributed by atoms with Crippen LogP contribution in [0.5, 0.6) is 17.2 Å². The van der Waals surface area contributed by atoms with E-state index in [4.69, 9.17) is 23.7 Å². The van der Waals surface area contributed by atoms with Crippen LogP contribution in [0.4, 0.5) is 0 Å². The van der Waals surface area contributed by atoms with Crippen LogP contribution >= 0.6 is 0 Å². The van der Waals surface area contributed by atoms with Crippen LogP contribution in [0.15, 0.2) is 78.3 Å². The van der Waals surface area contributed by atoms with Gasteiger partial charge in [0.05, 0.1) is 12.7 Å². The lowest BCUT2D eigenvalue weighted by Crippen LogP contribution is -2.45. The first-order valence-corrected chi connectivity index (χ1v) is 10.1. The van der Waals surface area contributed by atoms with Crippen LogP contribution in [0.25, 0.3) is 0 Å². The summed E-state index contributed by atoms with van der Waals surface area (Å²) >= 11 is 0. The summed E-state index contributed by atoms with van der Waals surface area (Å²) < 4.78 is 28.5. The van der Waals surface area contributed by atoms with Gasteiger partial charge in [0.1, 0.15) is 36.2 Å². The Morgan fingerprint density at radius 3 is 2.52 bits per heavy atom. The molecule has 2 atom stereocenters. The predicted molar refractivity (Wildman–Crippen MR) is 112 cm³/mol. The largest absolute Gasteiger partial charge is 0.491 e. The molecule has 7 heteroatoms. The number of ether oxygens (including phenoxy) is 5. The molecule has 0 bridgehead atoms. The van der Waals surface area contributed by atoms with Gasteiger partial charge in [-0.2, -0.15) is 0 Å². The fourth-order valence-electron chi connectivity index (χ4n) is 3.16. The summed E-state index contributed by atoms with van der Waals surface area (Å²) in [6.45, 7) is 2.25. The van der Waals surface area contributed by atoms with Crippen molar-refractivity contribution in [2.45, 2.75) is 25.0 Å². The maximum Gasteiger partial charge on any atom is 0.351 e. The first kappa shape index (κ1) is 20.8. The Bertz CT molecular complexity index is 965. The molecule has 7 nitrogen and oxygen atoms in total. The topological polar surface area (TPSA) is 83.5 Å². The van der Waals surface area contributed by atoms with Crippen LogP contribution in [-0.4, -0.2) is 42.6 Å². The van der Waals surface area contributed by atoms with Crippen molar-refractivity contribution < 1.29 is 33.6 Å². The Labute approximate surface area is 180 Å². The number of para-hydroxylation sites is 1. The van der Waals surface area contributed by atoms with E-state index in [1.165, 1.54) is 6.92 Å². The predicted octanol–water partition coefficient (Wildman–Crippen LogP) is 4.30. The number of aliphatic carboxylic acids is 1. The van der Waals surface area contributed by atoms with E-state index in [0.717, 1.165) is 17.2 Å². The molecule has 2 aliphatic rings. The van der Waals surface area contributed by atoms with Crippen LogP contribution < -0.4 is 9.47 Å². The molecule has 0 fully saturated rings. The molecule has 0 radical (unpaired) electrons. The molecule has 0 spiro atoms. The highest BCUT2D eigenvalue weighted by Gasteiger charge is 2.42. The van der Waals surface area contributed by atoms with E-state index in [2.05, 4.69) is 0 Å². The molecule has 2 unspecified atom stereocenters. The molecule has 1 aliphatic heterocycles. The molecule has 1 N–H and O–H groups in total. The Morgan fingerprint density at radius 1 is 1.06 bits per heavy atom. The first-order chi connectivity index (χ1) is 15.0. The summed E-state index contributed by atoms with van der Waals surface area (Å²) in [6.07, 6.45) is 3.86. The van der Waals surface area contributed by atoms with Gasteiger partial charge >= 0.3 is 5.97 Å². The van der Waals surface area contributed by atoms with E-state index < -0.39 is 11.6 Å². The molecule has 1 heterocycles. The zero-order valence-corrected chi connectivity index (χ0v) is 17.2. The van der Waals surface area contributed by atoms with Gasteiger partial charge in [0.25, 0.3) is 0 Å². The molecule has 162 valence electrons. The van der Waals surface area contributed by atoms with Gasteiger partial charge in [-0.1, -0.05) is 24.3 Å². The van der Waals surface area contributed by atoms with E-state index >= 15 is 0 Å². The zero-order chi connectivity index (χ0) is 21.7. The van der Waals surface area contributed by atoms with Crippen LogP contribution in [0.1, 0.15) is 13.3 Å². The van der Waals surface area contributed by atoms with E-state index in [1.54, 1.807) is 6.08 Å². The van der Waals surface area contributed by atoms with Crippen molar-refractivity contribution in [1.82, 2.24) is 0 Å². The fourth-order valence-corrected chi connectivity index (χ4v) is 3.16. The highest BCUT2D eigenvalue weighted by atomic mass is 16.6. The van der Waals surface area contributed by atoms with Crippen molar-refractivity contribution >= 4 is 5.97 Å².